The van der Waals surface area contributed by atoms with E-state index in [0.29, 0.717) is 18.4 Å². The summed E-state index contributed by atoms with van der Waals surface area (Å²) in [5.74, 6) is 0.0844. The number of amides is 3. The molecule has 0 aromatic heterocycles. The molecule has 4 rings (SSSR count). The highest BCUT2D eigenvalue weighted by molar-refractivity contribution is 6.00. The molecule has 2 N–H and O–H groups in total. The summed E-state index contributed by atoms with van der Waals surface area (Å²) in [7, 11) is 1.84. The average Bonchev–Trinajstić information content (AvgIpc) is 3.37. The topological polar surface area (TPSA) is 78.5 Å². The first kappa shape index (κ1) is 20.1. The van der Waals surface area contributed by atoms with Crippen molar-refractivity contribution in [1.82, 2.24) is 10.2 Å². The molecule has 6 heteroatoms. The molecular weight excluding hydrogens is 378 g/mol. The van der Waals surface area contributed by atoms with E-state index in [1.54, 1.807) is 4.90 Å². The molecule has 0 bridgehead atoms. The lowest BCUT2D eigenvalue weighted by molar-refractivity contribution is -0.121. The van der Waals surface area contributed by atoms with Gasteiger partial charge in [0.15, 0.2) is 0 Å². The monoisotopic (exact) mass is 405 g/mol. The van der Waals surface area contributed by atoms with E-state index in [1.807, 2.05) is 56.4 Å². The van der Waals surface area contributed by atoms with Gasteiger partial charge in [0, 0.05) is 36.8 Å². The molecule has 0 spiro atoms. The molecule has 2 aromatic rings. The average molecular weight is 405 g/mol. The number of nitrogens with zero attached hydrogens (tertiary/aromatic N) is 1. The van der Waals surface area contributed by atoms with Gasteiger partial charge < -0.3 is 15.5 Å². The molecule has 1 aliphatic heterocycles. The van der Waals surface area contributed by atoms with Crippen LogP contribution in [0.15, 0.2) is 42.5 Å². The zero-order chi connectivity index (χ0) is 21.3. The van der Waals surface area contributed by atoms with Crippen LogP contribution >= 0.6 is 0 Å². The third kappa shape index (κ3) is 4.08. The Labute approximate surface area is 176 Å². The Morgan fingerprint density at radius 1 is 1.10 bits per heavy atom. The second-order valence-electron chi connectivity index (χ2n) is 8.18. The van der Waals surface area contributed by atoms with E-state index < -0.39 is 0 Å². The smallest absolute Gasteiger partial charge is 0.253 e. The molecule has 156 valence electrons. The Bertz CT molecular complexity index is 984. The molecule has 1 fully saturated rings. The molecule has 0 radical (unpaired) electrons. The van der Waals surface area contributed by atoms with Crippen molar-refractivity contribution >= 4 is 23.4 Å². The lowest BCUT2D eigenvalue weighted by Crippen LogP contribution is -2.38. The Morgan fingerprint density at radius 2 is 1.83 bits per heavy atom. The van der Waals surface area contributed by atoms with Crippen molar-refractivity contribution in [3.8, 4) is 11.1 Å². The third-order valence-electron chi connectivity index (χ3n) is 6.16. The minimum Gasteiger partial charge on any atom is -0.353 e. The van der Waals surface area contributed by atoms with Gasteiger partial charge in [-0.3, -0.25) is 14.4 Å². The van der Waals surface area contributed by atoms with Gasteiger partial charge in [0.25, 0.3) is 5.91 Å². The van der Waals surface area contributed by atoms with Gasteiger partial charge in [0.1, 0.15) is 0 Å². The quantitative estimate of drug-likeness (QED) is 0.801. The molecule has 3 amide bonds. The predicted octanol–water partition coefficient (Wildman–Crippen LogP) is 3.37. The standard InChI is InChI=1S/C24H27N3O3/c1-3-22(28)25-19-10-11-20(14-19)27(2)24(30)16-6-4-15(5-7-16)17-8-9-18-13-23(29)26-21(18)12-17/h4-9,12,19-20H,3,10-11,13-14H2,1-2H3,(H,25,28)(H,26,29)/t19-,20+/m1/s1. The van der Waals surface area contributed by atoms with Gasteiger partial charge in [-0.05, 0) is 54.2 Å². The van der Waals surface area contributed by atoms with Crippen LogP contribution in [0.1, 0.15) is 48.5 Å². The van der Waals surface area contributed by atoms with Crippen LogP contribution in [0.5, 0.6) is 0 Å². The maximum Gasteiger partial charge on any atom is 0.253 e. The molecule has 2 aliphatic rings. The van der Waals surface area contributed by atoms with Crippen LogP contribution in [-0.4, -0.2) is 41.8 Å². The van der Waals surface area contributed by atoms with Gasteiger partial charge in [0.05, 0.1) is 6.42 Å². The maximum absolute atomic E-state index is 12.9. The molecule has 1 aliphatic carbocycles. The Kier molecular flexibility index (Phi) is 5.57. The van der Waals surface area contributed by atoms with Crippen molar-refractivity contribution < 1.29 is 14.4 Å². The fourth-order valence-corrected chi connectivity index (χ4v) is 4.34. The highest BCUT2D eigenvalue weighted by atomic mass is 16.2. The molecular formula is C24H27N3O3. The van der Waals surface area contributed by atoms with Crippen molar-refractivity contribution in [2.75, 3.05) is 12.4 Å². The van der Waals surface area contributed by atoms with Crippen molar-refractivity contribution in [1.29, 1.82) is 0 Å². The first-order valence-electron chi connectivity index (χ1n) is 10.5. The SMILES string of the molecule is CCC(=O)N[C@@H]1CC[C@H](N(C)C(=O)c2ccc(-c3ccc4c(c3)NC(=O)C4)cc2)C1. The van der Waals surface area contributed by atoms with Crippen molar-refractivity contribution in [3.05, 3.63) is 53.6 Å². The molecule has 2 atom stereocenters. The molecule has 0 unspecified atom stereocenters. The predicted molar refractivity (Wildman–Crippen MR) is 116 cm³/mol. The Morgan fingerprint density at radius 3 is 2.57 bits per heavy atom. The first-order chi connectivity index (χ1) is 14.4. The van der Waals surface area contributed by atoms with E-state index in [4.69, 9.17) is 0 Å². The first-order valence-corrected chi connectivity index (χ1v) is 10.5. The fourth-order valence-electron chi connectivity index (χ4n) is 4.34. The largest absolute Gasteiger partial charge is 0.353 e. The van der Waals surface area contributed by atoms with Crippen LogP contribution in [0, 0.1) is 0 Å². The minimum atomic E-state index is -0.00441. The lowest BCUT2D eigenvalue weighted by Gasteiger charge is -2.25. The zero-order valence-corrected chi connectivity index (χ0v) is 17.4. The van der Waals surface area contributed by atoms with Gasteiger partial charge in [-0.1, -0.05) is 31.2 Å². The number of fused-ring (bicyclic) bond motifs is 1. The normalized spacial score (nSPS) is 19.9. The van der Waals surface area contributed by atoms with E-state index in [2.05, 4.69) is 10.6 Å². The Balaban J connectivity index is 1.41. The zero-order valence-electron chi connectivity index (χ0n) is 17.4. The number of hydrogen-bond acceptors (Lipinski definition) is 3. The Hall–Kier alpha value is -3.15. The molecule has 30 heavy (non-hydrogen) atoms. The van der Waals surface area contributed by atoms with E-state index in [-0.39, 0.29) is 29.8 Å². The number of hydrogen-bond donors (Lipinski definition) is 2. The van der Waals surface area contributed by atoms with Gasteiger partial charge in [0.2, 0.25) is 11.8 Å². The van der Waals surface area contributed by atoms with Crippen molar-refractivity contribution in [2.45, 2.75) is 51.1 Å². The summed E-state index contributed by atoms with van der Waals surface area (Å²) in [6.45, 7) is 1.85. The van der Waals surface area contributed by atoms with E-state index in [1.165, 1.54) is 0 Å². The van der Waals surface area contributed by atoms with Crippen LogP contribution in [0.25, 0.3) is 11.1 Å². The summed E-state index contributed by atoms with van der Waals surface area (Å²) in [5, 5.41) is 5.91. The van der Waals surface area contributed by atoms with Crippen LogP contribution < -0.4 is 10.6 Å². The number of benzene rings is 2. The number of carbonyl (C=O) groups excluding carboxylic acids is 3. The van der Waals surface area contributed by atoms with Crippen LogP contribution in [0.3, 0.4) is 0 Å². The van der Waals surface area contributed by atoms with Gasteiger partial charge >= 0.3 is 0 Å². The van der Waals surface area contributed by atoms with E-state index in [0.717, 1.165) is 41.6 Å². The van der Waals surface area contributed by atoms with Gasteiger partial charge in [-0.2, -0.15) is 0 Å². The van der Waals surface area contributed by atoms with Gasteiger partial charge in [-0.25, -0.2) is 0 Å². The minimum absolute atomic E-state index is 0.00441. The molecule has 1 saturated carbocycles. The molecule has 1 heterocycles. The summed E-state index contributed by atoms with van der Waals surface area (Å²) in [6, 6.07) is 13.8. The number of carbonyl (C=O) groups is 3. The summed E-state index contributed by atoms with van der Waals surface area (Å²) < 4.78 is 0. The second kappa shape index (κ2) is 8.30. The molecule has 6 nitrogen and oxygen atoms in total. The van der Waals surface area contributed by atoms with E-state index >= 15 is 0 Å². The second-order valence-corrected chi connectivity index (χ2v) is 8.18. The van der Waals surface area contributed by atoms with Crippen LogP contribution in [0.4, 0.5) is 5.69 Å². The number of rotatable bonds is 5. The fraction of sp³-hybridized carbons (Fsp3) is 0.375. The summed E-state index contributed by atoms with van der Waals surface area (Å²) >= 11 is 0. The molecule has 2 aromatic carbocycles. The highest BCUT2D eigenvalue weighted by Gasteiger charge is 2.30. The van der Waals surface area contributed by atoms with Crippen LogP contribution in [-0.2, 0) is 16.0 Å². The van der Waals surface area contributed by atoms with E-state index in [9.17, 15) is 14.4 Å². The highest BCUT2D eigenvalue weighted by Crippen LogP contribution is 2.30. The number of nitrogens with one attached hydrogen (secondary N) is 2. The maximum atomic E-state index is 12.9. The lowest BCUT2D eigenvalue weighted by atomic mass is 10.0. The van der Waals surface area contributed by atoms with Crippen LogP contribution in [0.2, 0.25) is 0 Å². The summed E-state index contributed by atoms with van der Waals surface area (Å²) in [6.07, 6.45) is 3.52. The molecule has 0 saturated heterocycles. The van der Waals surface area contributed by atoms with Crippen molar-refractivity contribution in [2.24, 2.45) is 0 Å². The summed E-state index contributed by atoms with van der Waals surface area (Å²) in [5.41, 5.74) is 4.54. The summed E-state index contributed by atoms with van der Waals surface area (Å²) in [4.78, 5) is 37.9. The van der Waals surface area contributed by atoms with Crippen molar-refractivity contribution in [3.63, 3.8) is 0 Å². The van der Waals surface area contributed by atoms with Gasteiger partial charge in [-0.15, -0.1) is 0 Å². The number of anilines is 1. The third-order valence-corrected chi connectivity index (χ3v) is 6.16.